The molecule has 0 heterocycles. The highest BCUT2D eigenvalue weighted by atomic mass is 16.6. The molecule has 0 N–H and O–H groups in total. The summed E-state index contributed by atoms with van der Waals surface area (Å²) >= 11 is 0. The first-order valence-corrected chi connectivity index (χ1v) is 7.90. The zero-order valence-electron chi connectivity index (χ0n) is 12.7. The van der Waals surface area contributed by atoms with Crippen LogP contribution in [-0.2, 0) is 14.3 Å². The molecule has 112 valence electrons. The Bertz CT molecular complexity index is 226. The van der Waals surface area contributed by atoms with Crippen molar-refractivity contribution in [2.75, 3.05) is 0 Å². The van der Waals surface area contributed by atoms with Crippen molar-refractivity contribution >= 4 is 12.4 Å². The van der Waals surface area contributed by atoms with E-state index in [4.69, 9.17) is 0 Å². The first-order chi connectivity index (χ1) is 9.26. The number of rotatable bonds is 13. The fourth-order valence-corrected chi connectivity index (χ4v) is 2.33. The molecule has 19 heavy (non-hydrogen) atoms. The molecule has 0 aromatic rings. The highest BCUT2D eigenvalue weighted by molar-refractivity contribution is 5.78. The van der Waals surface area contributed by atoms with E-state index in [-0.39, 0.29) is 18.4 Å². The summed E-state index contributed by atoms with van der Waals surface area (Å²) in [6.07, 6.45) is 13.1. The van der Waals surface area contributed by atoms with Crippen molar-refractivity contribution < 1.29 is 14.3 Å². The predicted octanol–water partition coefficient (Wildman–Crippen LogP) is 4.63. The summed E-state index contributed by atoms with van der Waals surface area (Å²) < 4.78 is 4.41. The number of unbranched alkanes of at least 4 members (excludes halogenated alkanes) is 8. The van der Waals surface area contributed by atoms with Gasteiger partial charge in [0.05, 0.1) is 5.92 Å². The lowest BCUT2D eigenvalue weighted by atomic mass is 9.98. The van der Waals surface area contributed by atoms with Gasteiger partial charge in [0.1, 0.15) is 0 Å². The number of ether oxygens (including phenoxy) is 1. The Morgan fingerprint density at radius 3 is 1.95 bits per heavy atom. The molecule has 0 aliphatic heterocycles. The molecule has 0 aromatic heterocycles. The Hall–Kier alpha value is -0.860. The van der Waals surface area contributed by atoms with Crippen LogP contribution in [0, 0.1) is 5.92 Å². The maximum absolute atomic E-state index is 11.4. The van der Waals surface area contributed by atoms with Crippen molar-refractivity contribution in [3.8, 4) is 0 Å². The minimum absolute atomic E-state index is 0.102. The smallest absolute Gasteiger partial charge is 0.316 e. The van der Waals surface area contributed by atoms with Gasteiger partial charge in [0, 0.05) is 0 Å². The Labute approximate surface area is 118 Å². The Morgan fingerprint density at radius 1 is 0.947 bits per heavy atom. The molecule has 0 aliphatic rings. The standard InChI is InChI=1S/C16H30O3/c1-3-5-6-7-8-9-10-11-12-13-15(4-2)16(18)19-14-17/h14-15H,3-13H2,1-2H3. The van der Waals surface area contributed by atoms with Crippen LogP contribution >= 0.6 is 0 Å². The molecule has 0 rings (SSSR count). The van der Waals surface area contributed by atoms with Crippen molar-refractivity contribution in [3.05, 3.63) is 0 Å². The van der Waals surface area contributed by atoms with Crippen LogP contribution in [0.3, 0.4) is 0 Å². The summed E-state index contributed by atoms with van der Waals surface area (Å²) in [6.45, 7) is 4.44. The van der Waals surface area contributed by atoms with E-state index < -0.39 is 0 Å². The van der Waals surface area contributed by atoms with Gasteiger partial charge in [0.15, 0.2) is 0 Å². The Balaban J connectivity index is 3.41. The number of carbonyl (C=O) groups is 2. The lowest BCUT2D eigenvalue weighted by Gasteiger charge is -2.10. The van der Waals surface area contributed by atoms with E-state index in [2.05, 4.69) is 11.7 Å². The highest BCUT2D eigenvalue weighted by Gasteiger charge is 2.17. The molecular weight excluding hydrogens is 240 g/mol. The average molecular weight is 270 g/mol. The molecule has 0 aliphatic carbocycles. The molecule has 0 saturated heterocycles. The van der Waals surface area contributed by atoms with Crippen molar-refractivity contribution in [2.45, 2.75) is 84.5 Å². The first-order valence-electron chi connectivity index (χ1n) is 7.90. The summed E-state index contributed by atoms with van der Waals surface area (Å²) in [5.74, 6) is -0.466. The molecule has 0 bridgehead atoms. The van der Waals surface area contributed by atoms with E-state index in [1.165, 1.54) is 51.4 Å². The van der Waals surface area contributed by atoms with E-state index in [9.17, 15) is 9.59 Å². The molecular formula is C16H30O3. The van der Waals surface area contributed by atoms with Gasteiger partial charge >= 0.3 is 12.4 Å². The van der Waals surface area contributed by atoms with Crippen LogP contribution in [0.25, 0.3) is 0 Å². The predicted molar refractivity (Wildman–Crippen MR) is 77.8 cm³/mol. The van der Waals surface area contributed by atoms with Crippen LogP contribution in [0.2, 0.25) is 0 Å². The summed E-state index contributed by atoms with van der Waals surface area (Å²) in [7, 11) is 0. The van der Waals surface area contributed by atoms with Crippen molar-refractivity contribution in [1.82, 2.24) is 0 Å². The molecule has 3 nitrogen and oxygen atoms in total. The normalized spacial score (nSPS) is 12.1. The molecule has 1 unspecified atom stereocenters. The van der Waals surface area contributed by atoms with Gasteiger partial charge in [0.25, 0.3) is 0 Å². The van der Waals surface area contributed by atoms with Gasteiger partial charge in [-0.1, -0.05) is 71.6 Å². The molecule has 0 fully saturated rings. The molecule has 0 radical (unpaired) electrons. The minimum atomic E-state index is -0.364. The summed E-state index contributed by atoms with van der Waals surface area (Å²) in [5, 5.41) is 0. The fraction of sp³-hybridized carbons (Fsp3) is 0.875. The zero-order valence-corrected chi connectivity index (χ0v) is 12.7. The van der Waals surface area contributed by atoms with Crippen LogP contribution in [0.1, 0.15) is 84.5 Å². The summed E-state index contributed by atoms with van der Waals surface area (Å²) in [5.41, 5.74) is 0. The Morgan fingerprint density at radius 2 is 1.47 bits per heavy atom. The SMILES string of the molecule is CCCCCCCCCCCC(CC)C(=O)OC=O. The number of carbonyl (C=O) groups excluding carboxylic acids is 2. The maximum atomic E-state index is 11.4. The van der Waals surface area contributed by atoms with E-state index in [0.717, 1.165) is 19.3 Å². The molecule has 3 heteroatoms. The van der Waals surface area contributed by atoms with Crippen LogP contribution < -0.4 is 0 Å². The average Bonchev–Trinajstić information content (AvgIpc) is 2.41. The van der Waals surface area contributed by atoms with Crippen molar-refractivity contribution in [1.29, 1.82) is 0 Å². The number of esters is 1. The van der Waals surface area contributed by atoms with E-state index >= 15 is 0 Å². The second-order valence-corrected chi connectivity index (χ2v) is 5.26. The van der Waals surface area contributed by atoms with Crippen LogP contribution in [-0.4, -0.2) is 12.4 Å². The van der Waals surface area contributed by atoms with E-state index in [1.54, 1.807) is 0 Å². The molecule has 1 atom stereocenters. The van der Waals surface area contributed by atoms with Crippen LogP contribution in [0.4, 0.5) is 0 Å². The third-order valence-electron chi connectivity index (χ3n) is 3.65. The lowest BCUT2D eigenvalue weighted by Crippen LogP contribution is -2.16. The minimum Gasteiger partial charge on any atom is -0.395 e. The van der Waals surface area contributed by atoms with Gasteiger partial charge < -0.3 is 4.74 Å². The van der Waals surface area contributed by atoms with Crippen molar-refractivity contribution in [3.63, 3.8) is 0 Å². The first kappa shape index (κ1) is 18.1. The second kappa shape index (κ2) is 13.6. The van der Waals surface area contributed by atoms with Gasteiger partial charge in [-0.15, -0.1) is 0 Å². The van der Waals surface area contributed by atoms with E-state index in [1.807, 2.05) is 6.92 Å². The van der Waals surface area contributed by atoms with Crippen molar-refractivity contribution in [2.24, 2.45) is 5.92 Å². The van der Waals surface area contributed by atoms with Crippen LogP contribution in [0.15, 0.2) is 0 Å². The Kier molecular flexibility index (Phi) is 13.0. The second-order valence-electron chi connectivity index (χ2n) is 5.26. The summed E-state index contributed by atoms with van der Waals surface area (Å²) in [4.78, 5) is 21.5. The van der Waals surface area contributed by atoms with E-state index in [0.29, 0.717) is 0 Å². The fourth-order valence-electron chi connectivity index (χ4n) is 2.33. The van der Waals surface area contributed by atoms with Gasteiger partial charge in [-0.3, -0.25) is 9.59 Å². The zero-order chi connectivity index (χ0) is 14.3. The molecule has 0 saturated carbocycles. The highest BCUT2D eigenvalue weighted by Crippen LogP contribution is 2.16. The molecule has 0 amide bonds. The molecule has 0 aromatic carbocycles. The van der Waals surface area contributed by atoms with Crippen LogP contribution in [0.5, 0.6) is 0 Å². The maximum Gasteiger partial charge on any atom is 0.316 e. The monoisotopic (exact) mass is 270 g/mol. The van der Waals surface area contributed by atoms with Gasteiger partial charge in [-0.25, -0.2) is 0 Å². The van der Waals surface area contributed by atoms with Gasteiger partial charge in [0.2, 0.25) is 0 Å². The van der Waals surface area contributed by atoms with Gasteiger partial charge in [-0.2, -0.15) is 0 Å². The third kappa shape index (κ3) is 10.7. The number of hydrogen-bond acceptors (Lipinski definition) is 3. The largest absolute Gasteiger partial charge is 0.395 e. The third-order valence-corrected chi connectivity index (χ3v) is 3.65. The summed E-state index contributed by atoms with van der Waals surface area (Å²) in [6, 6.07) is 0. The number of hydrogen-bond donors (Lipinski definition) is 0. The molecule has 0 spiro atoms. The topological polar surface area (TPSA) is 43.4 Å². The van der Waals surface area contributed by atoms with Gasteiger partial charge in [-0.05, 0) is 12.8 Å². The lowest BCUT2D eigenvalue weighted by molar-refractivity contribution is -0.155. The quantitative estimate of drug-likeness (QED) is 0.212.